The van der Waals surface area contributed by atoms with Crippen molar-refractivity contribution < 1.29 is 14.3 Å². The van der Waals surface area contributed by atoms with Gasteiger partial charge in [0.1, 0.15) is 6.61 Å². The maximum atomic E-state index is 10.8. The molecule has 2 aliphatic rings. The van der Waals surface area contributed by atoms with E-state index in [1.807, 2.05) is 0 Å². The maximum Gasteiger partial charge on any atom is 0.246 e. The summed E-state index contributed by atoms with van der Waals surface area (Å²) >= 11 is 0. The molecule has 0 atom stereocenters. The lowest BCUT2D eigenvalue weighted by molar-refractivity contribution is -0.183. The normalized spacial score (nSPS) is 40.8. The average Bonchev–Trinajstić information content (AvgIpc) is 2.02. The molecule has 0 aromatic carbocycles. The third-order valence-corrected chi connectivity index (χ3v) is 2.65. The fourth-order valence-corrected chi connectivity index (χ4v) is 1.78. The molecule has 1 heterocycles. The summed E-state index contributed by atoms with van der Waals surface area (Å²) in [6.07, 6.45) is 2.13. The molecular weight excluding hydrogens is 158 g/mol. The first-order valence-electron chi connectivity index (χ1n) is 4.18. The quantitative estimate of drug-likeness (QED) is 0.588. The summed E-state index contributed by atoms with van der Waals surface area (Å²) in [5.41, 5.74) is -0.103. The molecule has 0 aromatic rings. The zero-order chi connectivity index (χ0) is 8.60. The molecule has 2 rings (SSSR count). The molecule has 0 unspecified atom stereocenters. The second-order valence-corrected chi connectivity index (χ2v) is 3.51. The number of hydrogen-bond acceptors (Lipinski definition) is 3. The van der Waals surface area contributed by atoms with Crippen LogP contribution in [0.15, 0.2) is 0 Å². The van der Waals surface area contributed by atoms with E-state index in [1.165, 1.54) is 0 Å². The van der Waals surface area contributed by atoms with Crippen molar-refractivity contribution in [2.45, 2.75) is 24.5 Å². The van der Waals surface area contributed by atoms with Gasteiger partial charge in [-0.3, -0.25) is 4.79 Å². The summed E-state index contributed by atoms with van der Waals surface area (Å²) in [7, 11) is 1.71. The predicted octanol–water partition coefficient (Wildman–Crippen LogP) is -0.320. The van der Waals surface area contributed by atoms with Crippen LogP contribution in [0.5, 0.6) is 0 Å². The van der Waals surface area contributed by atoms with Crippen molar-refractivity contribution in [1.82, 2.24) is 5.32 Å². The van der Waals surface area contributed by atoms with Gasteiger partial charge in [0.05, 0.1) is 11.7 Å². The number of morpholine rings is 1. The van der Waals surface area contributed by atoms with Crippen molar-refractivity contribution in [3.05, 3.63) is 0 Å². The van der Waals surface area contributed by atoms with Crippen LogP contribution in [0.1, 0.15) is 12.8 Å². The number of amides is 1. The molecule has 1 saturated carbocycles. The number of ether oxygens (including phenoxy) is 2. The second-order valence-electron chi connectivity index (χ2n) is 3.51. The Labute approximate surface area is 71.2 Å². The summed E-state index contributed by atoms with van der Waals surface area (Å²) in [5, 5.41) is 2.80. The highest BCUT2D eigenvalue weighted by Gasteiger charge is 2.47. The van der Waals surface area contributed by atoms with E-state index >= 15 is 0 Å². The first-order valence-corrected chi connectivity index (χ1v) is 4.18. The van der Waals surface area contributed by atoms with Crippen molar-refractivity contribution in [3.8, 4) is 0 Å². The number of hydrogen-bond donors (Lipinski definition) is 1. The molecule has 4 heteroatoms. The van der Waals surface area contributed by atoms with Gasteiger partial charge in [0.15, 0.2) is 0 Å². The monoisotopic (exact) mass is 171 g/mol. The van der Waals surface area contributed by atoms with Crippen molar-refractivity contribution in [1.29, 1.82) is 0 Å². The van der Waals surface area contributed by atoms with E-state index < -0.39 is 0 Å². The average molecular weight is 171 g/mol. The Hall–Kier alpha value is -0.610. The van der Waals surface area contributed by atoms with Crippen LogP contribution >= 0.6 is 0 Å². The summed E-state index contributed by atoms with van der Waals surface area (Å²) in [4.78, 5) is 10.8. The van der Waals surface area contributed by atoms with Gasteiger partial charge in [-0.1, -0.05) is 0 Å². The first kappa shape index (κ1) is 8.01. The van der Waals surface area contributed by atoms with Gasteiger partial charge in [0.25, 0.3) is 0 Å². The molecule has 1 aliphatic carbocycles. The fraction of sp³-hybridized carbons (Fsp3) is 0.875. The molecule has 0 bridgehead atoms. The van der Waals surface area contributed by atoms with E-state index in [0.29, 0.717) is 12.6 Å². The van der Waals surface area contributed by atoms with E-state index in [0.717, 1.165) is 12.8 Å². The Morgan fingerprint density at radius 3 is 2.92 bits per heavy atom. The number of rotatable bonds is 1. The molecule has 1 amide bonds. The second kappa shape index (κ2) is 2.71. The van der Waals surface area contributed by atoms with E-state index in [4.69, 9.17) is 9.47 Å². The van der Waals surface area contributed by atoms with Gasteiger partial charge in [-0.05, 0) is 0 Å². The highest BCUT2D eigenvalue weighted by molar-refractivity contribution is 5.78. The zero-order valence-electron chi connectivity index (χ0n) is 7.13. The lowest BCUT2D eigenvalue weighted by Crippen LogP contribution is -2.61. The Bertz CT molecular complexity index is 186. The SMILES string of the molecule is COC1CC2(CNC(=O)CO2)C1. The van der Waals surface area contributed by atoms with E-state index in [2.05, 4.69) is 5.32 Å². The third-order valence-electron chi connectivity index (χ3n) is 2.65. The van der Waals surface area contributed by atoms with Crippen LogP contribution in [0.2, 0.25) is 0 Å². The van der Waals surface area contributed by atoms with E-state index in [9.17, 15) is 4.79 Å². The molecule has 0 aromatic heterocycles. The van der Waals surface area contributed by atoms with Crippen LogP contribution in [0, 0.1) is 0 Å². The Morgan fingerprint density at radius 2 is 2.42 bits per heavy atom. The number of carbonyl (C=O) groups is 1. The summed E-state index contributed by atoms with van der Waals surface area (Å²) in [6, 6.07) is 0. The van der Waals surface area contributed by atoms with Crippen LogP contribution in [0.4, 0.5) is 0 Å². The molecule has 4 nitrogen and oxygen atoms in total. The van der Waals surface area contributed by atoms with Gasteiger partial charge in [-0.15, -0.1) is 0 Å². The minimum absolute atomic E-state index is 0.0125. The Kier molecular flexibility index (Phi) is 1.81. The molecule has 2 fully saturated rings. The number of methoxy groups -OCH3 is 1. The molecule has 68 valence electrons. The van der Waals surface area contributed by atoms with Crippen molar-refractivity contribution in [2.24, 2.45) is 0 Å². The van der Waals surface area contributed by atoms with E-state index in [1.54, 1.807) is 7.11 Å². The molecule has 1 saturated heterocycles. The van der Waals surface area contributed by atoms with Crippen molar-refractivity contribution in [2.75, 3.05) is 20.3 Å². The van der Waals surface area contributed by atoms with Crippen LogP contribution < -0.4 is 5.32 Å². The standard InChI is InChI=1S/C8H13NO3/c1-11-6-2-8(3-6)5-9-7(10)4-12-8/h6H,2-5H2,1H3,(H,9,10). The lowest BCUT2D eigenvalue weighted by Gasteiger charge is -2.48. The predicted molar refractivity (Wildman–Crippen MR) is 41.7 cm³/mol. The smallest absolute Gasteiger partial charge is 0.246 e. The van der Waals surface area contributed by atoms with Crippen LogP contribution in [0.25, 0.3) is 0 Å². The van der Waals surface area contributed by atoms with Crippen molar-refractivity contribution in [3.63, 3.8) is 0 Å². The molecule has 1 spiro atoms. The summed E-state index contributed by atoms with van der Waals surface area (Å²) in [6.45, 7) is 0.849. The Morgan fingerprint density at radius 1 is 1.67 bits per heavy atom. The van der Waals surface area contributed by atoms with Crippen LogP contribution in [-0.4, -0.2) is 37.9 Å². The van der Waals surface area contributed by atoms with Gasteiger partial charge in [0.2, 0.25) is 5.91 Å². The van der Waals surface area contributed by atoms with Crippen LogP contribution in [0.3, 0.4) is 0 Å². The van der Waals surface area contributed by atoms with Gasteiger partial charge in [-0.2, -0.15) is 0 Å². The summed E-state index contributed by atoms with van der Waals surface area (Å²) < 4.78 is 10.6. The lowest BCUT2D eigenvalue weighted by atomic mass is 9.76. The zero-order valence-corrected chi connectivity index (χ0v) is 7.13. The number of nitrogens with one attached hydrogen (secondary N) is 1. The largest absolute Gasteiger partial charge is 0.381 e. The fourth-order valence-electron chi connectivity index (χ4n) is 1.78. The third kappa shape index (κ3) is 1.21. The Balaban J connectivity index is 1.87. The molecule has 1 aliphatic heterocycles. The van der Waals surface area contributed by atoms with Gasteiger partial charge < -0.3 is 14.8 Å². The van der Waals surface area contributed by atoms with E-state index in [-0.39, 0.29) is 18.1 Å². The van der Waals surface area contributed by atoms with Gasteiger partial charge in [0, 0.05) is 26.5 Å². The first-order chi connectivity index (χ1) is 5.74. The summed E-state index contributed by atoms with van der Waals surface area (Å²) in [5.74, 6) is -0.0125. The maximum absolute atomic E-state index is 10.8. The minimum Gasteiger partial charge on any atom is -0.381 e. The van der Waals surface area contributed by atoms with Gasteiger partial charge >= 0.3 is 0 Å². The highest BCUT2D eigenvalue weighted by atomic mass is 16.5. The van der Waals surface area contributed by atoms with Crippen molar-refractivity contribution >= 4 is 5.91 Å². The van der Waals surface area contributed by atoms with Crippen LogP contribution in [-0.2, 0) is 14.3 Å². The minimum atomic E-state index is -0.103. The van der Waals surface area contributed by atoms with Gasteiger partial charge in [-0.25, -0.2) is 0 Å². The number of carbonyl (C=O) groups excluding carboxylic acids is 1. The molecule has 12 heavy (non-hydrogen) atoms. The molecule has 0 radical (unpaired) electrons. The molecular formula is C8H13NO3. The highest BCUT2D eigenvalue weighted by Crippen LogP contribution is 2.38. The molecule has 1 N–H and O–H groups in total. The topological polar surface area (TPSA) is 47.6 Å².